The van der Waals surface area contributed by atoms with E-state index in [0.717, 1.165) is 0 Å². The second kappa shape index (κ2) is 7.81. The minimum Gasteiger partial charge on any atom is -0.475 e. The largest absolute Gasteiger partial charge is 0.490 e. The van der Waals surface area contributed by atoms with Gasteiger partial charge in [0.2, 0.25) is 0 Å². The van der Waals surface area contributed by atoms with Gasteiger partial charge < -0.3 is 20.4 Å². The lowest BCUT2D eigenvalue weighted by atomic mass is 9.81. The maximum Gasteiger partial charge on any atom is 0.490 e. The number of aliphatic carboxylic acids is 2. The highest BCUT2D eigenvalue weighted by atomic mass is 19.4. The van der Waals surface area contributed by atoms with Crippen LogP contribution in [0.5, 0.6) is 0 Å². The van der Waals surface area contributed by atoms with Crippen LogP contribution in [0.3, 0.4) is 0 Å². The van der Waals surface area contributed by atoms with Gasteiger partial charge >= 0.3 is 24.3 Å². The van der Waals surface area contributed by atoms with Crippen LogP contribution in [0.1, 0.15) is 6.42 Å². The predicted octanol–water partition coefficient (Wildman–Crippen LogP) is 1.18. The molecule has 2 aliphatic heterocycles. The van der Waals surface area contributed by atoms with Crippen LogP contribution in [-0.4, -0.2) is 72.6 Å². The predicted molar refractivity (Wildman–Crippen MR) is 64.8 cm³/mol. The van der Waals surface area contributed by atoms with Crippen molar-refractivity contribution in [2.75, 3.05) is 33.2 Å². The van der Waals surface area contributed by atoms with Gasteiger partial charge in [-0.1, -0.05) is 0 Å². The number of nitrogens with zero attached hydrogens (tertiary/aromatic N) is 1. The van der Waals surface area contributed by atoms with Crippen LogP contribution in [0.25, 0.3) is 0 Å². The third kappa shape index (κ3) is 8.02. The Balaban J connectivity index is 0.000000322. The zero-order chi connectivity index (χ0) is 18.5. The van der Waals surface area contributed by atoms with Gasteiger partial charge in [0.25, 0.3) is 0 Å². The molecule has 136 valence electrons. The molecule has 3 N–H and O–H groups in total. The van der Waals surface area contributed by atoms with Crippen molar-refractivity contribution in [1.82, 2.24) is 10.2 Å². The Morgan fingerprint density at radius 3 is 1.43 bits per heavy atom. The van der Waals surface area contributed by atoms with E-state index in [4.69, 9.17) is 19.8 Å². The van der Waals surface area contributed by atoms with Crippen molar-refractivity contribution in [2.24, 2.45) is 5.41 Å². The monoisotopic (exact) mass is 354 g/mol. The van der Waals surface area contributed by atoms with Crippen LogP contribution in [0, 0.1) is 5.41 Å². The molecule has 0 amide bonds. The molecule has 2 aliphatic rings. The Labute approximate surface area is 127 Å². The Bertz CT molecular complexity index is 396. The van der Waals surface area contributed by atoms with E-state index in [2.05, 4.69) is 17.3 Å². The van der Waals surface area contributed by atoms with Gasteiger partial charge in [-0.3, -0.25) is 0 Å². The molecule has 0 aromatic heterocycles. The normalized spacial score (nSPS) is 19.8. The van der Waals surface area contributed by atoms with Crippen molar-refractivity contribution in [2.45, 2.75) is 18.8 Å². The van der Waals surface area contributed by atoms with E-state index in [0.29, 0.717) is 5.41 Å². The molecule has 0 radical (unpaired) electrons. The van der Waals surface area contributed by atoms with Gasteiger partial charge in [0.15, 0.2) is 0 Å². The average Bonchev–Trinajstić information content (AvgIpc) is 2.70. The fourth-order valence-electron chi connectivity index (χ4n) is 1.93. The summed E-state index contributed by atoms with van der Waals surface area (Å²) in [6.07, 6.45) is -8.75. The Hall–Kier alpha value is -1.56. The Morgan fingerprint density at radius 2 is 1.35 bits per heavy atom. The first-order chi connectivity index (χ1) is 10.2. The number of hydrogen-bond donors (Lipinski definition) is 3. The van der Waals surface area contributed by atoms with Crippen molar-refractivity contribution in [3.8, 4) is 0 Å². The number of halogens is 6. The number of alkyl halides is 6. The van der Waals surface area contributed by atoms with Crippen molar-refractivity contribution in [1.29, 1.82) is 0 Å². The number of rotatable bonds is 0. The topological polar surface area (TPSA) is 89.9 Å². The van der Waals surface area contributed by atoms with E-state index < -0.39 is 24.3 Å². The first-order valence-electron chi connectivity index (χ1n) is 6.19. The molecule has 1 spiro atoms. The summed E-state index contributed by atoms with van der Waals surface area (Å²) < 4.78 is 63.5. The molecule has 0 saturated carbocycles. The Kier molecular flexibility index (Phi) is 7.28. The zero-order valence-electron chi connectivity index (χ0n) is 12.0. The second-order valence-corrected chi connectivity index (χ2v) is 5.20. The number of likely N-dealkylation sites (tertiary alicyclic amines) is 1. The molecule has 12 heteroatoms. The molecule has 6 nitrogen and oxygen atoms in total. The van der Waals surface area contributed by atoms with E-state index in [1.54, 1.807) is 0 Å². The van der Waals surface area contributed by atoms with Gasteiger partial charge in [-0.25, -0.2) is 9.59 Å². The quantitative estimate of drug-likeness (QED) is 0.566. The van der Waals surface area contributed by atoms with Crippen LogP contribution in [0.4, 0.5) is 26.3 Å². The van der Waals surface area contributed by atoms with E-state index in [1.807, 2.05) is 0 Å². The molecule has 0 bridgehead atoms. The van der Waals surface area contributed by atoms with Gasteiger partial charge in [-0.2, -0.15) is 26.3 Å². The highest BCUT2D eigenvalue weighted by Gasteiger charge is 2.41. The minimum absolute atomic E-state index is 0.703. The van der Waals surface area contributed by atoms with Crippen molar-refractivity contribution < 1.29 is 46.1 Å². The van der Waals surface area contributed by atoms with Crippen molar-refractivity contribution in [3.05, 3.63) is 0 Å². The Morgan fingerprint density at radius 1 is 1.00 bits per heavy atom. The summed E-state index contributed by atoms with van der Waals surface area (Å²) in [4.78, 5) is 20.2. The lowest BCUT2D eigenvalue weighted by molar-refractivity contribution is -0.193. The van der Waals surface area contributed by atoms with E-state index in [9.17, 15) is 26.3 Å². The molecular formula is C11H16F6N2O4. The number of carbonyl (C=O) groups is 2. The first kappa shape index (κ1) is 21.4. The van der Waals surface area contributed by atoms with Crippen molar-refractivity contribution in [3.63, 3.8) is 0 Å². The molecular weight excluding hydrogens is 338 g/mol. The molecule has 2 rings (SSSR count). The fraction of sp³-hybridized carbons (Fsp3) is 0.818. The number of nitrogens with one attached hydrogen (secondary N) is 1. The molecule has 0 aromatic rings. The fourth-order valence-corrected chi connectivity index (χ4v) is 1.93. The van der Waals surface area contributed by atoms with E-state index >= 15 is 0 Å². The van der Waals surface area contributed by atoms with E-state index in [1.165, 1.54) is 32.6 Å². The van der Waals surface area contributed by atoms with Crippen LogP contribution in [-0.2, 0) is 9.59 Å². The van der Waals surface area contributed by atoms with Crippen LogP contribution in [0.2, 0.25) is 0 Å². The molecule has 0 aliphatic carbocycles. The third-order valence-corrected chi connectivity index (χ3v) is 3.11. The van der Waals surface area contributed by atoms with E-state index in [-0.39, 0.29) is 0 Å². The SMILES string of the molecule is CN1CCC2(CNC2)C1.O=C(O)C(F)(F)F.O=C(O)C(F)(F)F. The average molecular weight is 354 g/mol. The molecule has 23 heavy (non-hydrogen) atoms. The summed E-state index contributed by atoms with van der Waals surface area (Å²) in [6, 6.07) is 0. The molecule has 0 aromatic carbocycles. The molecule has 2 fully saturated rings. The zero-order valence-corrected chi connectivity index (χ0v) is 12.0. The number of carboxylic acid groups (broad SMARTS) is 2. The lowest BCUT2D eigenvalue weighted by Crippen LogP contribution is -2.54. The smallest absolute Gasteiger partial charge is 0.475 e. The van der Waals surface area contributed by atoms with Crippen molar-refractivity contribution >= 4 is 11.9 Å². The number of hydrogen-bond acceptors (Lipinski definition) is 4. The maximum absolute atomic E-state index is 10.6. The third-order valence-electron chi connectivity index (χ3n) is 3.11. The summed E-state index contributed by atoms with van der Waals surface area (Å²) in [5.41, 5.74) is 0.703. The highest BCUT2D eigenvalue weighted by Crippen LogP contribution is 2.32. The first-order valence-corrected chi connectivity index (χ1v) is 6.19. The van der Waals surface area contributed by atoms with Crippen LogP contribution in [0.15, 0.2) is 0 Å². The summed E-state index contributed by atoms with van der Waals surface area (Å²) in [5, 5.41) is 17.6. The second-order valence-electron chi connectivity index (χ2n) is 5.20. The standard InChI is InChI=1S/C7H14N2.2C2HF3O2/c1-9-3-2-7(6-9)4-8-5-7;2*3-2(4,5)1(6)7/h8H,2-6H2,1H3;2*(H,6,7). The summed E-state index contributed by atoms with van der Waals surface area (Å²) in [5.74, 6) is -5.51. The van der Waals surface area contributed by atoms with Gasteiger partial charge in [0.1, 0.15) is 0 Å². The summed E-state index contributed by atoms with van der Waals surface area (Å²) >= 11 is 0. The molecule has 0 unspecified atom stereocenters. The van der Waals surface area contributed by atoms with Gasteiger partial charge in [0.05, 0.1) is 0 Å². The van der Waals surface area contributed by atoms with Gasteiger partial charge in [-0.05, 0) is 20.0 Å². The highest BCUT2D eigenvalue weighted by molar-refractivity contribution is 5.73. The van der Waals surface area contributed by atoms with Gasteiger partial charge in [-0.15, -0.1) is 0 Å². The summed E-state index contributed by atoms with van der Waals surface area (Å²) in [6.45, 7) is 5.15. The van der Waals surface area contributed by atoms with Gasteiger partial charge in [0, 0.05) is 25.0 Å². The summed E-state index contributed by atoms with van der Waals surface area (Å²) in [7, 11) is 2.22. The van der Waals surface area contributed by atoms with Crippen LogP contribution < -0.4 is 5.32 Å². The lowest BCUT2D eigenvalue weighted by Gasteiger charge is -2.38. The van der Waals surface area contributed by atoms with Crippen LogP contribution >= 0.6 is 0 Å². The molecule has 2 saturated heterocycles. The molecule has 2 heterocycles. The minimum atomic E-state index is -5.08. The number of carboxylic acids is 2. The molecule has 0 atom stereocenters. The maximum atomic E-state index is 10.6.